The third-order valence-corrected chi connectivity index (χ3v) is 7.70. The van der Waals surface area contributed by atoms with Gasteiger partial charge in [-0.1, -0.05) is 17.7 Å². The first-order valence-corrected chi connectivity index (χ1v) is 11.9. The molecule has 0 amide bonds. The summed E-state index contributed by atoms with van der Waals surface area (Å²) >= 11 is 7.57. The van der Waals surface area contributed by atoms with Gasteiger partial charge in [0.15, 0.2) is 5.79 Å². The molecular weight excluding hydrogens is 448 g/mol. The number of ether oxygens (including phenoxy) is 2. The normalized spacial score (nSPS) is 19.4. The van der Waals surface area contributed by atoms with Gasteiger partial charge in [-0.25, -0.2) is 15.0 Å². The Balaban J connectivity index is 1.36. The van der Waals surface area contributed by atoms with Crippen LogP contribution in [0.5, 0.6) is 0 Å². The first-order chi connectivity index (χ1) is 15.3. The van der Waals surface area contributed by atoms with Crippen molar-refractivity contribution in [2.75, 3.05) is 18.5 Å². The van der Waals surface area contributed by atoms with E-state index in [2.05, 4.69) is 26.3 Å². The van der Waals surface area contributed by atoms with E-state index in [1.807, 2.05) is 32.2 Å². The number of aliphatic hydroxyl groups is 1. The molecule has 0 atom stereocenters. The highest BCUT2D eigenvalue weighted by Gasteiger charge is 2.47. The minimum atomic E-state index is -0.941. The molecular formula is C23H25ClN4O3S. The van der Waals surface area contributed by atoms with Gasteiger partial charge < -0.3 is 19.9 Å². The van der Waals surface area contributed by atoms with Gasteiger partial charge in [0, 0.05) is 24.7 Å². The van der Waals surface area contributed by atoms with E-state index in [1.165, 1.54) is 11.3 Å². The van der Waals surface area contributed by atoms with Gasteiger partial charge in [0.05, 0.1) is 35.0 Å². The Kier molecular flexibility index (Phi) is 5.67. The van der Waals surface area contributed by atoms with Crippen molar-refractivity contribution in [3.63, 3.8) is 0 Å². The van der Waals surface area contributed by atoms with Crippen molar-refractivity contribution in [1.29, 1.82) is 0 Å². The molecule has 2 N–H and O–H groups in total. The highest BCUT2D eigenvalue weighted by Crippen LogP contribution is 2.46. The molecule has 32 heavy (non-hydrogen) atoms. The van der Waals surface area contributed by atoms with Crippen LogP contribution in [0, 0.1) is 13.8 Å². The fourth-order valence-electron chi connectivity index (χ4n) is 4.31. The smallest absolute Gasteiger partial charge is 0.227 e. The molecule has 1 aromatic carbocycles. The minimum absolute atomic E-state index is 0.496. The van der Waals surface area contributed by atoms with E-state index in [0.29, 0.717) is 49.9 Å². The highest BCUT2D eigenvalue weighted by atomic mass is 35.5. The number of rotatable bonds is 4. The second kappa shape index (κ2) is 8.35. The summed E-state index contributed by atoms with van der Waals surface area (Å²) in [4.78, 5) is 14.2. The molecule has 1 aliphatic heterocycles. The molecule has 2 aromatic heterocycles. The highest BCUT2D eigenvalue weighted by molar-refractivity contribution is 7.15. The number of anilines is 2. The number of hydrogen-bond donors (Lipinski definition) is 2. The summed E-state index contributed by atoms with van der Waals surface area (Å²) in [6.45, 7) is 5.15. The zero-order valence-corrected chi connectivity index (χ0v) is 19.6. The number of benzene rings is 1. The third-order valence-electron chi connectivity index (χ3n) is 6.09. The van der Waals surface area contributed by atoms with Crippen LogP contribution in [0.2, 0.25) is 5.02 Å². The lowest BCUT2D eigenvalue weighted by atomic mass is 9.82. The predicted molar refractivity (Wildman–Crippen MR) is 124 cm³/mol. The summed E-state index contributed by atoms with van der Waals surface area (Å²) in [5.74, 6) is -0.0128. The lowest BCUT2D eigenvalue weighted by molar-refractivity contribution is -0.204. The van der Waals surface area contributed by atoms with Crippen molar-refractivity contribution < 1.29 is 14.6 Å². The summed E-state index contributed by atoms with van der Waals surface area (Å²) in [7, 11) is 0. The van der Waals surface area contributed by atoms with E-state index in [-0.39, 0.29) is 0 Å². The molecule has 1 saturated carbocycles. The van der Waals surface area contributed by atoms with Crippen LogP contribution in [0.3, 0.4) is 0 Å². The van der Waals surface area contributed by atoms with E-state index >= 15 is 0 Å². The number of thiazole rings is 1. The molecule has 168 valence electrons. The fraction of sp³-hybridized carbons (Fsp3) is 0.435. The van der Waals surface area contributed by atoms with Crippen LogP contribution < -0.4 is 5.32 Å². The summed E-state index contributed by atoms with van der Waals surface area (Å²) in [6.07, 6.45) is 5.94. The van der Waals surface area contributed by atoms with E-state index < -0.39 is 11.4 Å². The van der Waals surface area contributed by atoms with Gasteiger partial charge in [0.25, 0.3) is 0 Å². The lowest BCUT2D eigenvalue weighted by Crippen LogP contribution is -2.42. The first-order valence-electron chi connectivity index (χ1n) is 10.7. The van der Waals surface area contributed by atoms with Gasteiger partial charge in [0.2, 0.25) is 5.95 Å². The average Bonchev–Trinajstić information content (AvgIpc) is 3.44. The first kappa shape index (κ1) is 21.7. The maximum atomic E-state index is 11.3. The van der Waals surface area contributed by atoms with Crippen molar-refractivity contribution in [3.05, 3.63) is 51.9 Å². The monoisotopic (exact) mass is 472 g/mol. The van der Waals surface area contributed by atoms with Crippen LogP contribution in [-0.4, -0.2) is 39.1 Å². The second-order valence-corrected chi connectivity index (χ2v) is 9.95. The molecule has 1 saturated heterocycles. The maximum absolute atomic E-state index is 11.3. The number of nitrogens with zero attached hydrogens (tertiary/aromatic N) is 3. The fourth-order valence-corrected chi connectivity index (χ4v) is 5.45. The standard InChI is InChI=1S/C23H25ClN4O3S/c1-14-9-16(11-17(10-14)28-21-26-12-18(24)15(2)27-21)19-13-25-20(32-19)22(29)3-5-23(6-4-22)30-7-8-31-23/h9-13,29H,3-8H2,1-2H3,(H,26,27,28). The zero-order valence-electron chi connectivity index (χ0n) is 18.0. The van der Waals surface area contributed by atoms with Gasteiger partial charge in [0.1, 0.15) is 10.6 Å². The number of hydrogen-bond acceptors (Lipinski definition) is 8. The maximum Gasteiger partial charge on any atom is 0.227 e. The zero-order chi connectivity index (χ0) is 22.3. The Hall–Kier alpha value is -2.10. The Morgan fingerprint density at radius 3 is 2.50 bits per heavy atom. The summed E-state index contributed by atoms with van der Waals surface area (Å²) in [6, 6.07) is 6.18. The van der Waals surface area contributed by atoms with Crippen molar-refractivity contribution >= 4 is 34.6 Å². The summed E-state index contributed by atoms with van der Waals surface area (Å²) in [5, 5.41) is 15.8. The van der Waals surface area contributed by atoms with E-state index in [0.717, 1.165) is 32.4 Å². The Morgan fingerprint density at radius 1 is 1.03 bits per heavy atom. The molecule has 9 heteroatoms. The quantitative estimate of drug-likeness (QED) is 0.544. The molecule has 0 bridgehead atoms. The molecule has 1 spiro atoms. The molecule has 2 fully saturated rings. The van der Waals surface area contributed by atoms with Gasteiger partial charge in [-0.15, -0.1) is 11.3 Å². The van der Waals surface area contributed by atoms with Crippen molar-refractivity contribution in [2.45, 2.75) is 50.9 Å². The van der Waals surface area contributed by atoms with Crippen LogP contribution >= 0.6 is 22.9 Å². The van der Waals surface area contributed by atoms with Gasteiger partial charge in [-0.05, 0) is 49.9 Å². The molecule has 7 nitrogen and oxygen atoms in total. The van der Waals surface area contributed by atoms with Crippen LogP contribution in [0.4, 0.5) is 11.6 Å². The summed E-state index contributed by atoms with van der Waals surface area (Å²) < 4.78 is 11.6. The number of nitrogens with one attached hydrogen (secondary N) is 1. The molecule has 5 rings (SSSR count). The van der Waals surface area contributed by atoms with Crippen LogP contribution in [-0.2, 0) is 15.1 Å². The number of aryl methyl sites for hydroxylation is 2. The average molecular weight is 473 g/mol. The van der Waals surface area contributed by atoms with Crippen LogP contribution in [0.15, 0.2) is 30.6 Å². The largest absolute Gasteiger partial charge is 0.383 e. The van der Waals surface area contributed by atoms with Crippen molar-refractivity contribution in [2.24, 2.45) is 0 Å². The number of aromatic nitrogens is 3. The molecule has 3 aromatic rings. The molecule has 0 radical (unpaired) electrons. The SMILES string of the molecule is Cc1cc(Nc2ncc(Cl)c(C)n2)cc(-c2cnc(C3(O)CCC4(CC3)OCCO4)s2)c1. The van der Waals surface area contributed by atoms with Gasteiger partial charge in [-0.2, -0.15) is 0 Å². The number of halogens is 1. The van der Waals surface area contributed by atoms with Crippen molar-refractivity contribution in [3.8, 4) is 10.4 Å². The molecule has 0 unspecified atom stereocenters. The Labute approximate surface area is 195 Å². The van der Waals surface area contributed by atoms with Gasteiger partial charge in [-0.3, -0.25) is 0 Å². The molecule has 2 aliphatic rings. The predicted octanol–water partition coefficient (Wildman–Crippen LogP) is 5.12. The Bertz CT molecular complexity index is 1140. The van der Waals surface area contributed by atoms with E-state index in [1.54, 1.807) is 6.20 Å². The third kappa shape index (κ3) is 4.25. The van der Waals surface area contributed by atoms with Crippen molar-refractivity contribution in [1.82, 2.24) is 15.0 Å². The lowest BCUT2D eigenvalue weighted by Gasteiger charge is -2.39. The van der Waals surface area contributed by atoms with E-state index in [4.69, 9.17) is 21.1 Å². The molecule has 3 heterocycles. The Morgan fingerprint density at radius 2 is 1.78 bits per heavy atom. The van der Waals surface area contributed by atoms with Crippen LogP contribution in [0.1, 0.15) is 41.9 Å². The molecule has 1 aliphatic carbocycles. The van der Waals surface area contributed by atoms with Crippen LogP contribution in [0.25, 0.3) is 10.4 Å². The van der Waals surface area contributed by atoms with E-state index in [9.17, 15) is 5.11 Å². The second-order valence-electron chi connectivity index (χ2n) is 8.51. The topological polar surface area (TPSA) is 89.4 Å². The minimum Gasteiger partial charge on any atom is -0.383 e. The summed E-state index contributed by atoms with van der Waals surface area (Å²) in [5.41, 5.74) is 2.79. The van der Waals surface area contributed by atoms with Gasteiger partial charge >= 0.3 is 0 Å².